The molecule has 6 nitrogen and oxygen atoms in total. The summed E-state index contributed by atoms with van der Waals surface area (Å²) in [4.78, 5) is 23.9. The predicted molar refractivity (Wildman–Crippen MR) is 123 cm³/mol. The number of fused-ring (bicyclic) bond motifs is 1. The average molecular weight is 425 g/mol. The predicted octanol–water partition coefficient (Wildman–Crippen LogP) is 3.09. The summed E-state index contributed by atoms with van der Waals surface area (Å²) in [5.74, 6) is 0.716. The molecule has 1 saturated carbocycles. The molecule has 5 rings (SSSR count). The van der Waals surface area contributed by atoms with E-state index in [2.05, 4.69) is 50.1 Å². The van der Waals surface area contributed by atoms with Crippen molar-refractivity contribution in [1.29, 1.82) is 0 Å². The Balaban J connectivity index is 1.21. The Hall–Kier alpha value is -1.89. The molecule has 1 unspecified atom stereocenters. The van der Waals surface area contributed by atoms with E-state index in [-0.39, 0.29) is 0 Å². The number of morpholine rings is 1. The molecule has 1 atom stereocenters. The minimum absolute atomic E-state index is 0.299. The Kier molecular flexibility index (Phi) is 6.58. The molecular formula is C25H36N4O2. The second kappa shape index (κ2) is 9.72. The Morgan fingerprint density at radius 3 is 2.77 bits per heavy atom. The fourth-order valence-corrected chi connectivity index (χ4v) is 5.26. The summed E-state index contributed by atoms with van der Waals surface area (Å²) in [6, 6.07) is 8.90. The van der Waals surface area contributed by atoms with Crippen LogP contribution in [0.25, 0.3) is 10.9 Å². The fourth-order valence-electron chi connectivity index (χ4n) is 5.26. The van der Waals surface area contributed by atoms with Crippen molar-refractivity contribution in [3.8, 4) is 0 Å². The van der Waals surface area contributed by atoms with Crippen LogP contribution in [0, 0.1) is 5.92 Å². The minimum atomic E-state index is 0.299. The maximum absolute atomic E-state index is 13.2. The van der Waals surface area contributed by atoms with Gasteiger partial charge in [-0.2, -0.15) is 0 Å². The number of rotatable bonds is 8. The second-order valence-electron chi connectivity index (χ2n) is 9.50. The van der Waals surface area contributed by atoms with Crippen molar-refractivity contribution in [2.24, 2.45) is 5.92 Å². The lowest BCUT2D eigenvalue weighted by Crippen LogP contribution is -2.51. The van der Waals surface area contributed by atoms with Gasteiger partial charge in [0.05, 0.1) is 13.2 Å². The van der Waals surface area contributed by atoms with Crippen molar-refractivity contribution in [1.82, 2.24) is 19.7 Å². The minimum Gasteiger partial charge on any atom is -0.379 e. The van der Waals surface area contributed by atoms with Crippen molar-refractivity contribution in [2.45, 2.75) is 44.7 Å². The number of nitrogens with one attached hydrogen (secondary N) is 1. The molecule has 3 heterocycles. The van der Waals surface area contributed by atoms with Crippen LogP contribution in [0.2, 0.25) is 0 Å². The van der Waals surface area contributed by atoms with Crippen LogP contribution < -0.4 is 0 Å². The number of benzene rings is 1. The maximum Gasteiger partial charge on any atom is 0.225 e. The smallest absolute Gasteiger partial charge is 0.225 e. The Morgan fingerprint density at radius 2 is 1.94 bits per heavy atom. The quantitative estimate of drug-likeness (QED) is 0.708. The van der Waals surface area contributed by atoms with Gasteiger partial charge in [-0.25, -0.2) is 0 Å². The molecule has 0 radical (unpaired) electrons. The molecule has 0 bridgehead atoms. The van der Waals surface area contributed by atoms with Crippen LogP contribution in [0.3, 0.4) is 0 Å². The van der Waals surface area contributed by atoms with Crippen LogP contribution >= 0.6 is 0 Å². The molecule has 1 aromatic heterocycles. The second-order valence-corrected chi connectivity index (χ2v) is 9.50. The molecule has 0 spiro atoms. The first kappa shape index (κ1) is 21.0. The van der Waals surface area contributed by atoms with Gasteiger partial charge in [-0.05, 0) is 50.3 Å². The number of nitrogens with zero attached hydrogens (tertiary/aromatic N) is 3. The lowest BCUT2D eigenvalue weighted by Gasteiger charge is -2.40. The fraction of sp³-hybridized carbons (Fsp3) is 0.640. The van der Waals surface area contributed by atoms with Crippen LogP contribution in [0.1, 0.15) is 37.7 Å². The zero-order chi connectivity index (χ0) is 21.0. The number of para-hydroxylation sites is 1. The number of carbonyl (C=O) groups excluding carboxylic acids is 1. The number of carbonyl (C=O) groups is 1. The van der Waals surface area contributed by atoms with Crippen LogP contribution in [0.15, 0.2) is 30.5 Å². The molecule has 3 aliphatic rings. The highest BCUT2D eigenvalue weighted by molar-refractivity contribution is 5.83. The topological polar surface area (TPSA) is 51.8 Å². The van der Waals surface area contributed by atoms with E-state index in [1.54, 1.807) is 0 Å². The van der Waals surface area contributed by atoms with Crippen LogP contribution in [0.4, 0.5) is 0 Å². The molecule has 1 N–H and O–H groups in total. The van der Waals surface area contributed by atoms with Crippen molar-refractivity contribution < 1.29 is 9.53 Å². The van der Waals surface area contributed by atoms with Gasteiger partial charge < -0.3 is 14.6 Å². The summed E-state index contributed by atoms with van der Waals surface area (Å²) in [5, 5.41) is 1.32. The van der Waals surface area contributed by atoms with Gasteiger partial charge in [0.1, 0.15) is 0 Å². The molecule has 1 aliphatic carbocycles. The van der Waals surface area contributed by atoms with Gasteiger partial charge in [-0.3, -0.25) is 14.6 Å². The third-order valence-corrected chi connectivity index (χ3v) is 7.18. The van der Waals surface area contributed by atoms with E-state index in [0.29, 0.717) is 17.9 Å². The molecule has 2 aliphatic heterocycles. The number of amides is 1. The van der Waals surface area contributed by atoms with Gasteiger partial charge in [0.15, 0.2) is 0 Å². The molecule has 1 aromatic carbocycles. The lowest BCUT2D eigenvalue weighted by molar-refractivity contribution is -0.136. The largest absolute Gasteiger partial charge is 0.379 e. The van der Waals surface area contributed by atoms with Crippen LogP contribution in [0.5, 0.6) is 0 Å². The molecule has 1 amide bonds. The van der Waals surface area contributed by atoms with E-state index in [9.17, 15) is 4.79 Å². The summed E-state index contributed by atoms with van der Waals surface area (Å²) >= 11 is 0. The molecular weight excluding hydrogens is 388 g/mol. The highest BCUT2D eigenvalue weighted by Gasteiger charge is 2.37. The summed E-state index contributed by atoms with van der Waals surface area (Å²) in [5.41, 5.74) is 2.57. The zero-order valence-electron chi connectivity index (χ0n) is 18.6. The summed E-state index contributed by atoms with van der Waals surface area (Å²) in [6.45, 7) is 8.79. The van der Waals surface area contributed by atoms with Gasteiger partial charge in [0.25, 0.3) is 0 Å². The van der Waals surface area contributed by atoms with Gasteiger partial charge in [-0.15, -0.1) is 0 Å². The van der Waals surface area contributed by atoms with E-state index < -0.39 is 0 Å². The first-order valence-corrected chi connectivity index (χ1v) is 12.2. The van der Waals surface area contributed by atoms with E-state index in [1.807, 2.05) is 0 Å². The number of ether oxygens (including phenoxy) is 1. The molecule has 6 heteroatoms. The summed E-state index contributed by atoms with van der Waals surface area (Å²) in [7, 11) is 0. The SMILES string of the molecule is O=C(C1CC1)N(CCCN1CCOCC1)C1CCCN(Cc2c[nH]c3ccccc23)C1. The van der Waals surface area contributed by atoms with E-state index in [1.165, 1.54) is 22.9 Å². The number of likely N-dealkylation sites (tertiary alicyclic amines) is 1. The molecule has 3 fully saturated rings. The Morgan fingerprint density at radius 1 is 1.10 bits per heavy atom. The van der Waals surface area contributed by atoms with Crippen LogP contribution in [-0.4, -0.2) is 84.1 Å². The van der Waals surface area contributed by atoms with E-state index >= 15 is 0 Å². The number of H-pyrrole nitrogens is 1. The van der Waals surface area contributed by atoms with Gasteiger partial charge >= 0.3 is 0 Å². The first-order chi connectivity index (χ1) is 15.3. The van der Waals surface area contributed by atoms with E-state index in [4.69, 9.17) is 4.74 Å². The normalized spacial score (nSPS) is 23.3. The molecule has 2 aromatic rings. The van der Waals surface area contributed by atoms with Gasteiger partial charge in [-0.1, -0.05) is 18.2 Å². The molecule has 2 saturated heterocycles. The van der Waals surface area contributed by atoms with Crippen molar-refractivity contribution in [3.05, 3.63) is 36.0 Å². The lowest BCUT2D eigenvalue weighted by atomic mass is 10.0. The third kappa shape index (κ3) is 5.13. The monoisotopic (exact) mass is 424 g/mol. The zero-order valence-corrected chi connectivity index (χ0v) is 18.6. The number of aromatic amines is 1. The van der Waals surface area contributed by atoms with E-state index in [0.717, 1.165) is 84.7 Å². The maximum atomic E-state index is 13.2. The number of aromatic nitrogens is 1. The van der Waals surface area contributed by atoms with Crippen molar-refractivity contribution >= 4 is 16.8 Å². The Bertz CT molecular complexity index is 871. The summed E-state index contributed by atoms with van der Waals surface area (Å²) < 4.78 is 5.47. The van der Waals surface area contributed by atoms with Gasteiger partial charge in [0, 0.05) is 68.3 Å². The molecule has 168 valence electrons. The standard InChI is InChI=1S/C25H36N4O2/c30-25(20-8-9-20)29(12-4-11-27-13-15-31-16-14-27)22-5-3-10-28(19-22)18-21-17-26-24-7-2-1-6-23(21)24/h1-2,6-7,17,20,22,26H,3-5,8-16,18-19H2. The highest BCUT2D eigenvalue weighted by Crippen LogP contribution is 2.33. The number of hydrogen-bond acceptors (Lipinski definition) is 4. The van der Waals surface area contributed by atoms with Crippen molar-refractivity contribution in [2.75, 3.05) is 52.5 Å². The first-order valence-electron chi connectivity index (χ1n) is 12.2. The average Bonchev–Trinajstić information content (AvgIpc) is 3.59. The number of piperidine rings is 1. The molecule has 31 heavy (non-hydrogen) atoms. The Labute approximate surface area is 185 Å². The van der Waals surface area contributed by atoms with Crippen LogP contribution in [-0.2, 0) is 16.1 Å². The third-order valence-electron chi connectivity index (χ3n) is 7.18. The van der Waals surface area contributed by atoms with Crippen molar-refractivity contribution in [3.63, 3.8) is 0 Å². The highest BCUT2D eigenvalue weighted by atomic mass is 16.5. The number of hydrogen-bond donors (Lipinski definition) is 1. The van der Waals surface area contributed by atoms with Gasteiger partial charge in [0.2, 0.25) is 5.91 Å². The summed E-state index contributed by atoms with van der Waals surface area (Å²) in [6.07, 6.45) is 7.71.